The van der Waals surface area contributed by atoms with Gasteiger partial charge in [-0.3, -0.25) is 0 Å². The predicted octanol–water partition coefficient (Wildman–Crippen LogP) is 4.22. The smallest absolute Gasteiger partial charge is 0.150 e. The number of halogens is 1. The van der Waals surface area contributed by atoms with Crippen LogP contribution in [-0.2, 0) is 4.74 Å². The molecule has 0 N–H and O–H groups in total. The van der Waals surface area contributed by atoms with Crippen LogP contribution in [0.5, 0.6) is 0 Å². The predicted molar refractivity (Wildman–Crippen MR) is 78.1 cm³/mol. The Kier molecular flexibility index (Phi) is 3.63. The molecule has 0 amide bonds. The number of hydrogen-bond acceptors (Lipinski definition) is 3. The van der Waals surface area contributed by atoms with E-state index in [4.69, 9.17) is 4.74 Å². The summed E-state index contributed by atoms with van der Waals surface area (Å²) in [5, 5.41) is 5.70. The van der Waals surface area contributed by atoms with E-state index in [9.17, 15) is 0 Å². The molecular formula is C13H15BrN2OS. The van der Waals surface area contributed by atoms with E-state index in [1.165, 1.54) is 16.8 Å². The van der Waals surface area contributed by atoms with Gasteiger partial charge in [-0.15, -0.1) is 11.8 Å². The topological polar surface area (TPSA) is 27.1 Å². The molecule has 3 nitrogen and oxygen atoms in total. The fraction of sp³-hybridized carbons (Fsp3) is 0.462. The summed E-state index contributed by atoms with van der Waals surface area (Å²) in [6.45, 7) is 0.842. The van der Waals surface area contributed by atoms with Crippen molar-refractivity contribution < 1.29 is 4.74 Å². The average molecular weight is 327 g/mol. The molecule has 1 atom stereocenters. The average Bonchev–Trinajstić information content (AvgIpc) is 2.86. The Morgan fingerprint density at radius 3 is 3.06 bits per heavy atom. The van der Waals surface area contributed by atoms with E-state index in [0.717, 1.165) is 29.3 Å². The molecule has 1 aromatic carbocycles. The van der Waals surface area contributed by atoms with E-state index in [1.807, 2.05) is 10.9 Å². The molecule has 0 radical (unpaired) electrons. The van der Waals surface area contributed by atoms with Gasteiger partial charge in [-0.05, 0) is 37.7 Å². The van der Waals surface area contributed by atoms with Crippen molar-refractivity contribution >= 4 is 38.6 Å². The molecule has 0 bridgehead atoms. The Balaban J connectivity index is 2.14. The van der Waals surface area contributed by atoms with Crippen LogP contribution in [-0.4, -0.2) is 22.6 Å². The van der Waals surface area contributed by atoms with Crippen LogP contribution in [0.15, 0.2) is 27.7 Å². The van der Waals surface area contributed by atoms with Crippen molar-refractivity contribution in [3.63, 3.8) is 0 Å². The molecule has 96 valence electrons. The summed E-state index contributed by atoms with van der Waals surface area (Å²) in [7, 11) is 0. The van der Waals surface area contributed by atoms with Crippen LogP contribution < -0.4 is 0 Å². The molecule has 2 aromatic rings. The molecule has 5 heteroatoms. The van der Waals surface area contributed by atoms with Crippen molar-refractivity contribution in [1.29, 1.82) is 0 Å². The molecule has 1 aliphatic heterocycles. The first-order chi connectivity index (χ1) is 8.81. The lowest BCUT2D eigenvalue weighted by Crippen LogP contribution is -2.19. The molecule has 1 fully saturated rings. The molecule has 0 aliphatic carbocycles. The molecule has 2 heterocycles. The quantitative estimate of drug-likeness (QED) is 0.773. The number of hydrogen-bond donors (Lipinski definition) is 0. The highest BCUT2D eigenvalue weighted by Gasteiger charge is 2.20. The van der Waals surface area contributed by atoms with Gasteiger partial charge in [0.25, 0.3) is 0 Å². The second-order valence-electron chi connectivity index (χ2n) is 4.42. The van der Waals surface area contributed by atoms with E-state index in [1.54, 1.807) is 11.8 Å². The first kappa shape index (κ1) is 12.5. The van der Waals surface area contributed by atoms with Gasteiger partial charge in [0.05, 0.1) is 11.7 Å². The number of nitrogens with zero attached hydrogens (tertiary/aromatic N) is 2. The van der Waals surface area contributed by atoms with Crippen LogP contribution >= 0.6 is 27.7 Å². The Morgan fingerprint density at radius 1 is 1.44 bits per heavy atom. The van der Waals surface area contributed by atoms with Crippen molar-refractivity contribution in [3.05, 3.63) is 22.8 Å². The summed E-state index contributed by atoms with van der Waals surface area (Å²) in [4.78, 5) is 1.25. The fourth-order valence-electron chi connectivity index (χ4n) is 2.40. The van der Waals surface area contributed by atoms with Gasteiger partial charge in [0.15, 0.2) is 6.23 Å². The largest absolute Gasteiger partial charge is 0.356 e. The van der Waals surface area contributed by atoms with Gasteiger partial charge in [-0.2, -0.15) is 5.10 Å². The molecule has 1 saturated heterocycles. The monoisotopic (exact) mass is 326 g/mol. The minimum atomic E-state index is 0.0939. The third-order valence-corrected chi connectivity index (χ3v) is 4.78. The Labute approximate surface area is 119 Å². The van der Waals surface area contributed by atoms with Gasteiger partial charge in [0, 0.05) is 21.4 Å². The lowest BCUT2D eigenvalue weighted by Gasteiger charge is -2.24. The van der Waals surface area contributed by atoms with Crippen molar-refractivity contribution in [2.24, 2.45) is 0 Å². The maximum Gasteiger partial charge on any atom is 0.150 e. The van der Waals surface area contributed by atoms with Gasteiger partial charge in [0.2, 0.25) is 0 Å². The summed E-state index contributed by atoms with van der Waals surface area (Å²) in [5.41, 5.74) is 1.18. The highest BCUT2D eigenvalue weighted by molar-refractivity contribution is 9.10. The van der Waals surface area contributed by atoms with Gasteiger partial charge in [-0.25, -0.2) is 4.68 Å². The van der Waals surface area contributed by atoms with Gasteiger partial charge < -0.3 is 4.74 Å². The van der Waals surface area contributed by atoms with Crippen LogP contribution in [0.2, 0.25) is 0 Å². The van der Waals surface area contributed by atoms with Crippen molar-refractivity contribution in [2.45, 2.75) is 30.4 Å². The van der Waals surface area contributed by atoms with Crippen LogP contribution in [0.3, 0.4) is 0 Å². The summed E-state index contributed by atoms with van der Waals surface area (Å²) in [6, 6.07) is 4.22. The fourth-order valence-corrected chi connectivity index (χ4v) is 3.42. The Bertz CT molecular complexity index is 563. The lowest BCUT2D eigenvalue weighted by molar-refractivity contribution is -0.0368. The molecule has 18 heavy (non-hydrogen) atoms. The molecule has 3 rings (SSSR count). The lowest BCUT2D eigenvalue weighted by atomic mass is 10.2. The summed E-state index contributed by atoms with van der Waals surface area (Å²) in [5.74, 6) is 0. The standard InChI is InChI=1S/C13H15BrN2OS/c1-18-11-6-5-10(14)9-8-15-16(13(9)11)12-4-2-3-7-17-12/h5-6,8,12H,2-4,7H2,1H3. The minimum absolute atomic E-state index is 0.0939. The zero-order valence-electron chi connectivity index (χ0n) is 10.2. The first-order valence-corrected chi connectivity index (χ1v) is 8.14. The van der Waals surface area contributed by atoms with Crippen LogP contribution in [0.4, 0.5) is 0 Å². The molecule has 1 aliphatic rings. The van der Waals surface area contributed by atoms with E-state index < -0.39 is 0 Å². The second kappa shape index (κ2) is 5.23. The van der Waals surface area contributed by atoms with Gasteiger partial charge >= 0.3 is 0 Å². The SMILES string of the molecule is CSc1ccc(Br)c2cnn(C3CCCCO3)c12. The number of ether oxygens (including phenoxy) is 1. The van der Waals surface area contributed by atoms with Crippen molar-refractivity contribution in [2.75, 3.05) is 12.9 Å². The van der Waals surface area contributed by atoms with Gasteiger partial charge in [-0.1, -0.05) is 15.9 Å². The highest BCUT2D eigenvalue weighted by Crippen LogP contribution is 2.35. The van der Waals surface area contributed by atoms with E-state index in [2.05, 4.69) is 39.4 Å². The Morgan fingerprint density at radius 2 is 2.33 bits per heavy atom. The third kappa shape index (κ3) is 2.08. The summed E-state index contributed by atoms with van der Waals surface area (Å²) >= 11 is 5.35. The highest BCUT2D eigenvalue weighted by atomic mass is 79.9. The molecule has 1 aromatic heterocycles. The molecule has 0 saturated carbocycles. The summed E-state index contributed by atoms with van der Waals surface area (Å²) < 4.78 is 8.99. The van der Waals surface area contributed by atoms with Crippen molar-refractivity contribution in [1.82, 2.24) is 9.78 Å². The van der Waals surface area contributed by atoms with Crippen LogP contribution in [0.25, 0.3) is 10.9 Å². The number of rotatable bonds is 2. The van der Waals surface area contributed by atoms with Crippen LogP contribution in [0, 0.1) is 0 Å². The summed E-state index contributed by atoms with van der Waals surface area (Å²) in [6.07, 6.45) is 7.55. The number of benzene rings is 1. The number of thioether (sulfide) groups is 1. The zero-order valence-corrected chi connectivity index (χ0v) is 12.6. The second-order valence-corrected chi connectivity index (χ2v) is 6.12. The number of aromatic nitrogens is 2. The van der Waals surface area contributed by atoms with Gasteiger partial charge in [0.1, 0.15) is 0 Å². The van der Waals surface area contributed by atoms with E-state index in [0.29, 0.717) is 0 Å². The third-order valence-electron chi connectivity index (χ3n) is 3.32. The first-order valence-electron chi connectivity index (χ1n) is 6.12. The maximum atomic E-state index is 5.85. The molecule has 1 unspecified atom stereocenters. The number of fused-ring (bicyclic) bond motifs is 1. The minimum Gasteiger partial charge on any atom is -0.356 e. The van der Waals surface area contributed by atoms with Crippen molar-refractivity contribution in [3.8, 4) is 0 Å². The van der Waals surface area contributed by atoms with E-state index >= 15 is 0 Å². The normalized spacial score (nSPS) is 20.4. The zero-order chi connectivity index (χ0) is 12.5. The molecule has 0 spiro atoms. The maximum absolute atomic E-state index is 5.85. The molecular weight excluding hydrogens is 312 g/mol. The Hall–Kier alpha value is -0.520. The van der Waals surface area contributed by atoms with E-state index in [-0.39, 0.29) is 6.23 Å². The van der Waals surface area contributed by atoms with Crippen LogP contribution in [0.1, 0.15) is 25.5 Å².